The van der Waals surface area contributed by atoms with Crippen LogP contribution in [0.1, 0.15) is 65.3 Å². The third-order valence-corrected chi connectivity index (χ3v) is 8.45. The standard InChI is InChI=1S/C32H37NO14/c1-14-5-4-6-18-24(14)31(43)25-19(35)9-17(11-32(44,21(36)12-34)10-15(2)28(40)26(25)30(18)42)46-47-20-13-45-16(3)29(41)27(20)33-22(37)7-8-23(38)39/h4-6,16-17,20,27,29,34-35,40-41,44H,2,7-13H2,1,3H3,(H,33,37)(H,38,39)/b25-19-,28-26-/t16?,17-,20?,27?,29?,32+/m1/s1. The molecule has 15 heteroatoms. The van der Waals surface area contributed by atoms with Crippen LogP contribution >= 0.6 is 0 Å². The topological polar surface area (TPSA) is 246 Å². The molecule has 15 nitrogen and oxygen atoms in total. The molecular formula is C32H37NO14. The fraction of sp³-hybridized carbons (Fsp3) is 0.469. The number of amides is 1. The van der Waals surface area contributed by atoms with E-state index in [1.54, 1.807) is 13.0 Å². The summed E-state index contributed by atoms with van der Waals surface area (Å²) in [6, 6.07) is 3.33. The van der Waals surface area contributed by atoms with E-state index in [0.29, 0.717) is 5.56 Å². The number of carbonyl (C=O) groups excluding carboxylic acids is 4. The number of hydrogen-bond acceptors (Lipinski definition) is 13. The zero-order valence-corrected chi connectivity index (χ0v) is 25.7. The molecule has 4 rings (SSSR count). The number of carbonyl (C=O) groups is 5. The number of aryl methyl sites for hydroxylation is 1. The summed E-state index contributed by atoms with van der Waals surface area (Å²) >= 11 is 0. The van der Waals surface area contributed by atoms with Gasteiger partial charge in [0.15, 0.2) is 17.3 Å². The summed E-state index contributed by atoms with van der Waals surface area (Å²) in [7, 11) is 0. The Morgan fingerprint density at radius 1 is 1.11 bits per heavy atom. The van der Waals surface area contributed by atoms with Crippen LogP contribution in [0.2, 0.25) is 0 Å². The Morgan fingerprint density at radius 3 is 2.47 bits per heavy atom. The first-order chi connectivity index (χ1) is 22.1. The molecule has 0 spiro atoms. The molecule has 1 saturated heterocycles. The van der Waals surface area contributed by atoms with Crippen molar-refractivity contribution in [3.05, 3.63) is 69.7 Å². The molecule has 47 heavy (non-hydrogen) atoms. The van der Waals surface area contributed by atoms with Gasteiger partial charge in [-0.15, -0.1) is 0 Å². The first kappa shape index (κ1) is 35.6. The number of rotatable bonds is 9. The summed E-state index contributed by atoms with van der Waals surface area (Å²) in [5.74, 6) is -6.23. The summed E-state index contributed by atoms with van der Waals surface area (Å²) in [5.41, 5.74) is -3.59. The molecule has 1 fully saturated rings. The van der Waals surface area contributed by atoms with Crippen molar-refractivity contribution >= 4 is 29.2 Å². The molecule has 6 atom stereocenters. The van der Waals surface area contributed by atoms with Crippen LogP contribution in [0, 0.1) is 6.92 Å². The average molecular weight is 660 g/mol. The number of ketones is 3. The van der Waals surface area contributed by atoms with Crippen molar-refractivity contribution < 1.29 is 69.1 Å². The third kappa shape index (κ3) is 7.35. The predicted octanol–water partition coefficient (Wildman–Crippen LogP) is 0.845. The lowest BCUT2D eigenvalue weighted by atomic mass is 9.75. The summed E-state index contributed by atoms with van der Waals surface area (Å²) in [4.78, 5) is 74.7. The van der Waals surface area contributed by atoms with Crippen molar-refractivity contribution in [1.82, 2.24) is 5.32 Å². The Morgan fingerprint density at radius 2 is 1.81 bits per heavy atom. The van der Waals surface area contributed by atoms with Gasteiger partial charge in [-0.1, -0.05) is 24.8 Å². The number of nitrogens with one attached hydrogen (secondary N) is 1. The quantitative estimate of drug-likeness (QED) is 0.144. The van der Waals surface area contributed by atoms with Crippen molar-refractivity contribution in [3.63, 3.8) is 0 Å². The number of aliphatic hydroxyl groups is 5. The zero-order valence-electron chi connectivity index (χ0n) is 25.7. The zero-order chi connectivity index (χ0) is 34.8. The van der Waals surface area contributed by atoms with Gasteiger partial charge in [-0.2, -0.15) is 0 Å². The van der Waals surface area contributed by atoms with Crippen LogP contribution in [0.4, 0.5) is 0 Å². The van der Waals surface area contributed by atoms with E-state index in [1.165, 1.54) is 19.1 Å². The van der Waals surface area contributed by atoms with Crippen molar-refractivity contribution in [2.24, 2.45) is 0 Å². The fourth-order valence-corrected chi connectivity index (χ4v) is 5.88. The number of fused-ring (bicyclic) bond motifs is 2. The van der Waals surface area contributed by atoms with Gasteiger partial charge >= 0.3 is 5.97 Å². The Kier molecular flexibility index (Phi) is 10.8. The van der Waals surface area contributed by atoms with Gasteiger partial charge in [0.25, 0.3) is 0 Å². The molecule has 4 unspecified atom stereocenters. The van der Waals surface area contributed by atoms with Gasteiger partial charge in [0, 0.05) is 36.8 Å². The normalized spacial score (nSPS) is 31.5. The highest BCUT2D eigenvalue weighted by molar-refractivity contribution is 6.32. The van der Waals surface area contributed by atoms with Crippen molar-refractivity contribution in [2.75, 3.05) is 13.2 Å². The SMILES string of the molecule is C=C1C[C@@](O)(C(=O)CO)C[C@H](OOC2COC(C)C(O)C2NC(=O)CCC(=O)O)C/C(O)=C2/C(=O)c3c(C)cccc3C(=O)/C2=C/1O. The average Bonchev–Trinajstić information content (AvgIpc) is 3.01. The second-order valence-electron chi connectivity index (χ2n) is 11.9. The van der Waals surface area contributed by atoms with Crippen LogP contribution in [0.3, 0.4) is 0 Å². The molecule has 1 heterocycles. The van der Waals surface area contributed by atoms with Crippen LogP contribution in [-0.2, 0) is 28.9 Å². The van der Waals surface area contributed by atoms with Gasteiger partial charge in [-0.25, -0.2) is 9.78 Å². The predicted molar refractivity (Wildman–Crippen MR) is 159 cm³/mol. The van der Waals surface area contributed by atoms with Crippen molar-refractivity contribution in [1.29, 1.82) is 0 Å². The highest BCUT2D eigenvalue weighted by Crippen LogP contribution is 2.40. The highest BCUT2D eigenvalue weighted by Gasteiger charge is 2.46. The maximum atomic E-state index is 13.8. The molecule has 1 amide bonds. The smallest absolute Gasteiger partial charge is 0.303 e. The van der Waals surface area contributed by atoms with Gasteiger partial charge < -0.3 is 40.7 Å². The minimum absolute atomic E-state index is 0.00268. The molecule has 2 aliphatic carbocycles. The molecule has 0 radical (unpaired) electrons. The third-order valence-electron chi connectivity index (χ3n) is 8.45. The van der Waals surface area contributed by atoms with Gasteiger partial charge in [0.2, 0.25) is 5.91 Å². The molecule has 1 aliphatic heterocycles. The Hall–Kier alpha value is -4.25. The van der Waals surface area contributed by atoms with Crippen LogP contribution in [0.15, 0.2) is 53.0 Å². The van der Waals surface area contributed by atoms with Crippen LogP contribution in [-0.4, -0.2) is 109 Å². The lowest BCUT2D eigenvalue weighted by Gasteiger charge is -2.39. The molecule has 0 saturated carbocycles. The highest BCUT2D eigenvalue weighted by atomic mass is 17.2. The number of benzene rings is 1. The molecule has 0 bridgehead atoms. The molecular weight excluding hydrogens is 622 g/mol. The van der Waals surface area contributed by atoms with E-state index < -0.39 is 127 Å². The van der Waals surface area contributed by atoms with Crippen LogP contribution in [0.25, 0.3) is 0 Å². The number of carboxylic acids is 1. The van der Waals surface area contributed by atoms with E-state index >= 15 is 0 Å². The first-order valence-corrected chi connectivity index (χ1v) is 14.8. The molecule has 1 aromatic rings. The van der Waals surface area contributed by atoms with Gasteiger partial charge in [0.1, 0.15) is 42.0 Å². The summed E-state index contributed by atoms with van der Waals surface area (Å²) in [5, 5.41) is 65.7. The van der Waals surface area contributed by atoms with Gasteiger partial charge in [0.05, 0.1) is 36.3 Å². The molecule has 0 aromatic heterocycles. The maximum Gasteiger partial charge on any atom is 0.303 e. The van der Waals surface area contributed by atoms with E-state index in [4.69, 9.17) is 19.6 Å². The molecule has 254 valence electrons. The number of hydrogen-bond donors (Lipinski definition) is 7. The molecule has 7 N–H and O–H groups in total. The first-order valence-electron chi connectivity index (χ1n) is 14.8. The fourth-order valence-electron chi connectivity index (χ4n) is 5.88. The van der Waals surface area contributed by atoms with Gasteiger partial charge in [-0.3, -0.25) is 24.0 Å². The Labute approximate surface area is 268 Å². The van der Waals surface area contributed by atoms with E-state index in [0.717, 1.165) is 0 Å². The van der Waals surface area contributed by atoms with E-state index in [2.05, 4.69) is 11.9 Å². The van der Waals surface area contributed by atoms with Crippen molar-refractivity contribution in [2.45, 2.75) is 82.0 Å². The lowest BCUT2D eigenvalue weighted by Crippen LogP contribution is -2.60. The minimum Gasteiger partial charge on any atom is -0.511 e. The number of allylic oxidation sites excluding steroid dienone is 3. The minimum atomic E-state index is -2.48. The molecule has 3 aliphatic rings. The number of Topliss-reactive ketones (excluding diaryl/α,β-unsaturated/α-hetero) is 3. The van der Waals surface area contributed by atoms with E-state index in [1.807, 2.05) is 0 Å². The number of aliphatic carboxylic acids is 1. The monoisotopic (exact) mass is 659 g/mol. The summed E-state index contributed by atoms with van der Waals surface area (Å²) in [6.45, 7) is 5.42. The van der Waals surface area contributed by atoms with Gasteiger partial charge in [-0.05, 0) is 25.0 Å². The number of ether oxygens (including phenoxy) is 1. The Bertz CT molecular complexity index is 1560. The second kappa shape index (κ2) is 14.3. The van der Waals surface area contributed by atoms with E-state index in [-0.39, 0.29) is 23.3 Å². The number of aliphatic hydroxyl groups excluding tert-OH is 4. The van der Waals surface area contributed by atoms with Crippen LogP contribution < -0.4 is 5.32 Å². The maximum absolute atomic E-state index is 13.8. The van der Waals surface area contributed by atoms with E-state index in [9.17, 15) is 49.5 Å². The molecule has 1 aromatic carbocycles. The number of carboxylic acid groups (broad SMARTS) is 1. The second-order valence-corrected chi connectivity index (χ2v) is 11.9. The largest absolute Gasteiger partial charge is 0.511 e. The van der Waals surface area contributed by atoms with Crippen LogP contribution in [0.5, 0.6) is 0 Å². The summed E-state index contributed by atoms with van der Waals surface area (Å²) < 4.78 is 5.50. The Balaban J connectivity index is 1.73. The van der Waals surface area contributed by atoms with Crippen molar-refractivity contribution in [3.8, 4) is 0 Å². The lowest BCUT2D eigenvalue weighted by molar-refractivity contribution is -0.375. The summed E-state index contributed by atoms with van der Waals surface area (Å²) in [6.07, 6.45) is -7.79.